The van der Waals surface area contributed by atoms with Crippen molar-refractivity contribution in [1.29, 1.82) is 0 Å². The van der Waals surface area contributed by atoms with Crippen LogP contribution in [0.3, 0.4) is 0 Å². The molecule has 0 unspecified atom stereocenters. The Morgan fingerprint density at radius 3 is 2.71 bits per heavy atom. The van der Waals surface area contributed by atoms with Gasteiger partial charge in [0.2, 0.25) is 10.0 Å². The maximum atomic E-state index is 13.4. The van der Waals surface area contributed by atoms with Gasteiger partial charge in [-0.05, 0) is 63.6 Å². The van der Waals surface area contributed by atoms with Gasteiger partial charge in [-0.3, -0.25) is 0 Å². The molecule has 0 amide bonds. The second-order valence-corrected chi connectivity index (χ2v) is 10.1. The SMILES string of the molecule is C[C@H]1CN([C@@H](C)CO)S(=O)(=O)c2ccc(C3=CCCC3)cc2O[C@@H]1CN(C)C. The first-order valence-electron chi connectivity index (χ1n) is 10.0. The number of aliphatic hydroxyl groups excluding tert-OH is 1. The van der Waals surface area contributed by atoms with Crippen LogP contribution in [0.4, 0.5) is 0 Å². The minimum Gasteiger partial charge on any atom is -0.487 e. The fourth-order valence-electron chi connectivity index (χ4n) is 3.94. The van der Waals surface area contributed by atoms with Gasteiger partial charge in [-0.1, -0.05) is 19.1 Å². The van der Waals surface area contributed by atoms with Gasteiger partial charge in [0, 0.05) is 25.0 Å². The number of sulfonamides is 1. The van der Waals surface area contributed by atoms with E-state index in [-0.39, 0.29) is 23.5 Å². The number of nitrogens with zero attached hydrogens (tertiary/aromatic N) is 2. The minimum atomic E-state index is -3.76. The molecule has 0 saturated carbocycles. The molecule has 0 radical (unpaired) electrons. The first kappa shape index (κ1) is 21.3. The predicted molar refractivity (Wildman–Crippen MR) is 111 cm³/mol. The van der Waals surface area contributed by atoms with E-state index in [4.69, 9.17) is 4.74 Å². The van der Waals surface area contributed by atoms with Gasteiger partial charge >= 0.3 is 0 Å². The highest BCUT2D eigenvalue weighted by Crippen LogP contribution is 2.37. The zero-order chi connectivity index (χ0) is 20.5. The topological polar surface area (TPSA) is 70.1 Å². The third-order valence-electron chi connectivity index (χ3n) is 5.62. The molecule has 1 aliphatic carbocycles. The van der Waals surface area contributed by atoms with Crippen molar-refractivity contribution >= 4 is 15.6 Å². The normalized spacial score (nSPS) is 26.1. The highest BCUT2D eigenvalue weighted by molar-refractivity contribution is 7.89. The smallest absolute Gasteiger partial charge is 0.247 e. The van der Waals surface area contributed by atoms with E-state index >= 15 is 0 Å². The Balaban J connectivity index is 2.11. The second kappa shape index (κ2) is 8.53. The van der Waals surface area contributed by atoms with Gasteiger partial charge in [0.05, 0.1) is 6.61 Å². The van der Waals surface area contributed by atoms with Crippen LogP contribution in [0, 0.1) is 5.92 Å². The number of fused-ring (bicyclic) bond motifs is 1. The summed E-state index contributed by atoms with van der Waals surface area (Å²) in [7, 11) is 0.209. The van der Waals surface area contributed by atoms with E-state index in [2.05, 4.69) is 11.0 Å². The highest BCUT2D eigenvalue weighted by atomic mass is 32.2. The third-order valence-corrected chi connectivity index (χ3v) is 7.64. The lowest BCUT2D eigenvalue weighted by atomic mass is 10.0. The Kier molecular flexibility index (Phi) is 6.49. The van der Waals surface area contributed by atoms with Crippen molar-refractivity contribution in [2.24, 2.45) is 5.92 Å². The molecule has 0 saturated heterocycles. The van der Waals surface area contributed by atoms with Crippen molar-refractivity contribution in [3.63, 3.8) is 0 Å². The zero-order valence-electron chi connectivity index (χ0n) is 17.3. The number of likely N-dealkylation sites (N-methyl/N-ethyl adjacent to an activating group) is 1. The van der Waals surface area contributed by atoms with Crippen LogP contribution in [-0.2, 0) is 10.0 Å². The van der Waals surface area contributed by atoms with Crippen LogP contribution >= 0.6 is 0 Å². The van der Waals surface area contributed by atoms with Crippen LogP contribution in [0.25, 0.3) is 5.57 Å². The summed E-state index contributed by atoms with van der Waals surface area (Å²) < 4.78 is 34.5. The molecule has 6 nitrogen and oxygen atoms in total. The Morgan fingerprint density at radius 2 is 2.11 bits per heavy atom. The Hall–Kier alpha value is -1.41. The molecule has 3 rings (SSSR count). The molecule has 0 spiro atoms. The van der Waals surface area contributed by atoms with E-state index in [1.165, 1.54) is 9.88 Å². The summed E-state index contributed by atoms with van der Waals surface area (Å²) in [6, 6.07) is 4.94. The Labute approximate surface area is 168 Å². The van der Waals surface area contributed by atoms with Gasteiger partial charge in [-0.2, -0.15) is 4.31 Å². The summed E-state index contributed by atoms with van der Waals surface area (Å²) in [5.41, 5.74) is 2.29. The number of aliphatic hydroxyl groups is 1. The standard InChI is InChI=1S/C21H32N2O4S/c1-15-12-23(16(2)14-24)28(25,26)21-10-9-18(17-7-5-6-8-17)11-19(21)27-20(15)13-22(3)4/h7,9-11,15-16,20,24H,5-6,8,12-14H2,1-4H3/t15-,16-,20+/m0/s1. The van der Waals surface area contributed by atoms with Crippen LogP contribution in [0.5, 0.6) is 5.75 Å². The number of ether oxygens (including phenoxy) is 1. The molecule has 7 heteroatoms. The first-order chi connectivity index (χ1) is 13.2. The number of hydrogen-bond acceptors (Lipinski definition) is 5. The van der Waals surface area contributed by atoms with Crippen LogP contribution in [-0.4, -0.2) is 68.7 Å². The molecule has 3 atom stereocenters. The largest absolute Gasteiger partial charge is 0.487 e. The molecular formula is C21H32N2O4S. The van der Waals surface area contributed by atoms with Crippen molar-refractivity contribution in [3.8, 4) is 5.75 Å². The van der Waals surface area contributed by atoms with Gasteiger partial charge in [0.1, 0.15) is 16.7 Å². The molecule has 1 aromatic carbocycles. The number of rotatable bonds is 5. The van der Waals surface area contributed by atoms with Gasteiger partial charge < -0.3 is 14.7 Å². The van der Waals surface area contributed by atoms with Gasteiger partial charge in [0.25, 0.3) is 0 Å². The van der Waals surface area contributed by atoms with E-state index in [0.29, 0.717) is 18.8 Å². The summed E-state index contributed by atoms with van der Waals surface area (Å²) in [4.78, 5) is 2.24. The molecule has 1 heterocycles. The molecular weight excluding hydrogens is 376 g/mol. The van der Waals surface area contributed by atoms with E-state index in [0.717, 1.165) is 24.8 Å². The van der Waals surface area contributed by atoms with Crippen LogP contribution in [0.2, 0.25) is 0 Å². The first-order valence-corrected chi connectivity index (χ1v) is 11.5. The molecule has 0 bridgehead atoms. The van der Waals surface area contributed by atoms with Gasteiger partial charge in [-0.15, -0.1) is 0 Å². The van der Waals surface area contributed by atoms with Crippen molar-refractivity contribution in [3.05, 3.63) is 29.8 Å². The molecule has 156 valence electrons. The molecule has 1 aliphatic heterocycles. The molecule has 0 aromatic heterocycles. The zero-order valence-corrected chi connectivity index (χ0v) is 18.1. The summed E-state index contributed by atoms with van der Waals surface area (Å²) >= 11 is 0. The maximum absolute atomic E-state index is 13.4. The lowest BCUT2D eigenvalue weighted by molar-refractivity contribution is 0.0812. The summed E-state index contributed by atoms with van der Waals surface area (Å²) in [6.45, 7) is 4.54. The van der Waals surface area contributed by atoms with Gasteiger partial charge in [-0.25, -0.2) is 8.42 Å². The lowest BCUT2D eigenvalue weighted by Gasteiger charge is -2.37. The molecule has 0 fully saturated rings. The van der Waals surface area contributed by atoms with Crippen LogP contribution in [0.1, 0.15) is 38.7 Å². The second-order valence-electron chi connectivity index (χ2n) is 8.29. The fraction of sp³-hybridized carbons (Fsp3) is 0.619. The van der Waals surface area contributed by atoms with Crippen molar-refractivity contribution < 1.29 is 18.3 Å². The number of benzene rings is 1. The fourth-order valence-corrected chi connectivity index (χ4v) is 5.76. The van der Waals surface area contributed by atoms with Crippen molar-refractivity contribution in [2.75, 3.05) is 33.8 Å². The van der Waals surface area contributed by atoms with E-state index in [1.807, 2.05) is 33.2 Å². The quantitative estimate of drug-likeness (QED) is 0.811. The number of allylic oxidation sites excluding steroid dienone is 2. The molecule has 1 aromatic rings. The average Bonchev–Trinajstić information content (AvgIpc) is 3.18. The van der Waals surface area contributed by atoms with Crippen molar-refractivity contribution in [1.82, 2.24) is 9.21 Å². The Bertz CT molecular complexity index is 835. The van der Waals surface area contributed by atoms with Crippen LogP contribution in [0.15, 0.2) is 29.2 Å². The summed E-state index contributed by atoms with van der Waals surface area (Å²) in [5.74, 6) is 0.396. The van der Waals surface area contributed by atoms with E-state index in [1.54, 1.807) is 13.0 Å². The lowest BCUT2D eigenvalue weighted by Crippen LogP contribution is -2.49. The van der Waals surface area contributed by atoms with Gasteiger partial charge in [0.15, 0.2) is 0 Å². The monoisotopic (exact) mass is 408 g/mol. The molecule has 2 aliphatic rings. The third kappa shape index (κ3) is 4.27. The minimum absolute atomic E-state index is 0.0197. The average molecular weight is 409 g/mol. The summed E-state index contributed by atoms with van der Waals surface area (Å²) in [5, 5.41) is 9.66. The predicted octanol–water partition coefficient (Wildman–Crippen LogP) is 2.58. The molecule has 1 N–H and O–H groups in total. The maximum Gasteiger partial charge on any atom is 0.247 e. The van der Waals surface area contributed by atoms with Crippen molar-refractivity contribution in [2.45, 2.75) is 50.2 Å². The Morgan fingerprint density at radius 1 is 1.36 bits per heavy atom. The van der Waals surface area contributed by atoms with E-state index < -0.39 is 16.1 Å². The molecule has 28 heavy (non-hydrogen) atoms. The van der Waals surface area contributed by atoms with Crippen LogP contribution < -0.4 is 4.74 Å². The summed E-state index contributed by atoms with van der Waals surface area (Å²) in [6.07, 6.45) is 5.28. The highest BCUT2D eigenvalue weighted by Gasteiger charge is 2.38. The number of hydrogen-bond donors (Lipinski definition) is 1. The van der Waals surface area contributed by atoms with E-state index in [9.17, 15) is 13.5 Å².